The lowest BCUT2D eigenvalue weighted by molar-refractivity contribution is -0.144. The van der Waals surface area contributed by atoms with E-state index in [0.717, 1.165) is 34.5 Å². The van der Waals surface area contributed by atoms with E-state index in [9.17, 15) is 22.8 Å². The quantitative estimate of drug-likeness (QED) is 0.165. The Labute approximate surface area is 276 Å². The van der Waals surface area contributed by atoms with Crippen molar-refractivity contribution in [2.24, 2.45) is 0 Å². The first-order chi connectivity index (χ1) is 23.2. The highest BCUT2D eigenvalue weighted by atomic mass is 19.4. The molecule has 0 aliphatic carbocycles. The summed E-state index contributed by atoms with van der Waals surface area (Å²) < 4.78 is 39.4. The van der Waals surface area contributed by atoms with Gasteiger partial charge in [0.25, 0.3) is 0 Å². The van der Waals surface area contributed by atoms with Gasteiger partial charge in [0.1, 0.15) is 11.9 Å². The van der Waals surface area contributed by atoms with Crippen molar-refractivity contribution in [1.29, 1.82) is 0 Å². The molecule has 3 heterocycles. The number of alkyl halides is 3. The highest BCUT2D eigenvalue weighted by Gasteiger charge is 2.35. The summed E-state index contributed by atoms with van der Waals surface area (Å²) in [4.78, 5) is 44.9. The van der Waals surface area contributed by atoms with Gasteiger partial charge in [-0.05, 0) is 65.1 Å². The Hall–Kier alpha value is -5.64. The summed E-state index contributed by atoms with van der Waals surface area (Å²) in [5.41, 5.74) is 4.35. The molecule has 0 saturated carbocycles. The molecule has 5 aromatic rings. The third-order valence-electron chi connectivity index (χ3n) is 8.31. The standard InChI is InChI=1S/C38H32F3N5O2/c39-38(40,41)32-16-11-27(12-17-32)13-18-36(47)46(25-28-9-14-30(15-10-28)33-8-3-4-20-42-33)34(24-35-43-21-5-22-44-35)37(48)45-23-19-29-6-1-2-7-31(29)26-45/h1-18,20-22,34H,19,23-26H2/t34-/m0/s1. The van der Waals surface area contributed by atoms with E-state index in [1.165, 1.54) is 34.7 Å². The highest BCUT2D eigenvalue weighted by molar-refractivity contribution is 5.95. The largest absolute Gasteiger partial charge is 0.416 e. The molecule has 0 unspecified atom stereocenters. The van der Waals surface area contributed by atoms with Crippen LogP contribution in [0.4, 0.5) is 13.2 Å². The van der Waals surface area contributed by atoms with Gasteiger partial charge in [-0.1, -0.05) is 66.7 Å². The number of carbonyl (C=O) groups excluding carboxylic acids is 2. The lowest BCUT2D eigenvalue weighted by Gasteiger charge is -2.36. The van der Waals surface area contributed by atoms with E-state index in [4.69, 9.17) is 0 Å². The summed E-state index contributed by atoms with van der Waals surface area (Å²) in [6.07, 6.45) is 3.94. The monoisotopic (exact) mass is 647 g/mol. The molecule has 0 spiro atoms. The maximum atomic E-state index is 14.4. The average Bonchev–Trinajstić information content (AvgIpc) is 3.12. The maximum absolute atomic E-state index is 14.4. The van der Waals surface area contributed by atoms with Crippen molar-refractivity contribution < 1.29 is 22.8 Å². The molecule has 0 N–H and O–H groups in total. The molecule has 0 radical (unpaired) electrons. The fourth-order valence-corrected chi connectivity index (χ4v) is 5.73. The number of rotatable bonds is 9. The normalized spacial score (nSPS) is 13.6. The number of amides is 2. The molecule has 48 heavy (non-hydrogen) atoms. The summed E-state index contributed by atoms with van der Waals surface area (Å²) in [5, 5.41) is 0. The zero-order valence-corrected chi connectivity index (χ0v) is 25.9. The van der Waals surface area contributed by atoms with Crippen LogP contribution in [-0.2, 0) is 41.7 Å². The first-order valence-electron chi connectivity index (χ1n) is 15.5. The van der Waals surface area contributed by atoms with Crippen LogP contribution in [0.5, 0.6) is 0 Å². The van der Waals surface area contributed by atoms with Crippen LogP contribution in [0.15, 0.2) is 122 Å². The van der Waals surface area contributed by atoms with E-state index in [1.807, 2.05) is 60.7 Å². The molecule has 2 aromatic heterocycles. The predicted molar refractivity (Wildman–Crippen MR) is 176 cm³/mol. The van der Waals surface area contributed by atoms with E-state index >= 15 is 0 Å². The lowest BCUT2D eigenvalue weighted by Crippen LogP contribution is -2.52. The summed E-state index contributed by atoms with van der Waals surface area (Å²) in [6, 6.07) is 26.5. The Morgan fingerprint density at radius 2 is 1.50 bits per heavy atom. The number of benzene rings is 3. The molecule has 10 heteroatoms. The van der Waals surface area contributed by atoms with E-state index in [2.05, 4.69) is 21.0 Å². The van der Waals surface area contributed by atoms with Gasteiger partial charge < -0.3 is 9.80 Å². The van der Waals surface area contributed by atoms with Crippen LogP contribution in [-0.4, -0.2) is 49.2 Å². The molecule has 3 aromatic carbocycles. The first kappa shape index (κ1) is 32.3. The SMILES string of the molecule is O=C([C@H](Cc1ncccn1)N(Cc1ccc(-c2ccccn2)cc1)C(=O)C=Cc1ccc(C(F)(F)F)cc1)N1CCc2ccccc2C1. The summed E-state index contributed by atoms with van der Waals surface area (Å²) in [7, 11) is 0. The minimum Gasteiger partial charge on any atom is -0.336 e. The highest BCUT2D eigenvalue weighted by Crippen LogP contribution is 2.29. The van der Waals surface area contributed by atoms with Crippen LogP contribution in [0.25, 0.3) is 17.3 Å². The van der Waals surface area contributed by atoms with Crippen molar-refractivity contribution in [2.45, 2.75) is 38.1 Å². The number of nitrogens with zero attached hydrogens (tertiary/aromatic N) is 5. The Balaban J connectivity index is 1.34. The minimum absolute atomic E-state index is 0.0731. The number of hydrogen-bond donors (Lipinski definition) is 0. The van der Waals surface area contributed by atoms with Crippen molar-refractivity contribution in [2.75, 3.05) is 6.54 Å². The van der Waals surface area contributed by atoms with Crippen LogP contribution in [0.1, 0.15) is 33.6 Å². The molecule has 0 bridgehead atoms. The van der Waals surface area contributed by atoms with Crippen molar-refractivity contribution >= 4 is 17.9 Å². The Kier molecular flexibility index (Phi) is 9.70. The second kappa shape index (κ2) is 14.4. The van der Waals surface area contributed by atoms with Crippen molar-refractivity contribution in [1.82, 2.24) is 24.8 Å². The number of carbonyl (C=O) groups is 2. The molecule has 0 saturated heterocycles. The third-order valence-corrected chi connectivity index (χ3v) is 8.31. The van der Waals surface area contributed by atoms with Gasteiger partial charge in [-0.25, -0.2) is 9.97 Å². The summed E-state index contributed by atoms with van der Waals surface area (Å²) >= 11 is 0. The smallest absolute Gasteiger partial charge is 0.336 e. The minimum atomic E-state index is -4.47. The number of aromatic nitrogens is 3. The molecule has 6 rings (SSSR count). The van der Waals surface area contributed by atoms with Crippen LogP contribution >= 0.6 is 0 Å². The van der Waals surface area contributed by atoms with Gasteiger partial charge in [-0.3, -0.25) is 14.6 Å². The number of hydrogen-bond acceptors (Lipinski definition) is 5. The number of fused-ring (bicyclic) bond motifs is 1. The van der Waals surface area contributed by atoms with Gasteiger partial charge in [0.15, 0.2) is 0 Å². The molecule has 2 amide bonds. The second-order valence-electron chi connectivity index (χ2n) is 11.5. The van der Waals surface area contributed by atoms with Gasteiger partial charge in [-0.2, -0.15) is 13.2 Å². The van der Waals surface area contributed by atoms with Crippen molar-refractivity contribution in [3.63, 3.8) is 0 Å². The molecule has 1 atom stereocenters. The van der Waals surface area contributed by atoms with Crippen LogP contribution in [0.3, 0.4) is 0 Å². The summed E-state index contributed by atoms with van der Waals surface area (Å²) in [5.74, 6) is -0.308. The van der Waals surface area contributed by atoms with Crippen LogP contribution in [0.2, 0.25) is 0 Å². The number of halogens is 3. The topological polar surface area (TPSA) is 79.3 Å². The first-order valence-corrected chi connectivity index (χ1v) is 15.5. The molecule has 242 valence electrons. The van der Waals surface area contributed by atoms with Crippen molar-refractivity contribution in [3.8, 4) is 11.3 Å². The Morgan fingerprint density at radius 1 is 0.812 bits per heavy atom. The molecular weight excluding hydrogens is 615 g/mol. The second-order valence-corrected chi connectivity index (χ2v) is 11.5. The summed E-state index contributed by atoms with van der Waals surface area (Å²) in [6.45, 7) is 0.986. The zero-order valence-electron chi connectivity index (χ0n) is 25.9. The molecule has 0 fully saturated rings. The van der Waals surface area contributed by atoms with Gasteiger partial charge >= 0.3 is 6.18 Å². The van der Waals surface area contributed by atoms with Gasteiger partial charge in [0.05, 0.1) is 11.3 Å². The number of pyridine rings is 1. The van der Waals surface area contributed by atoms with E-state index in [1.54, 1.807) is 29.6 Å². The lowest BCUT2D eigenvalue weighted by atomic mass is 9.98. The van der Waals surface area contributed by atoms with Crippen LogP contribution in [0, 0.1) is 0 Å². The predicted octanol–water partition coefficient (Wildman–Crippen LogP) is 6.80. The van der Waals surface area contributed by atoms with E-state index in [-0.39, 0.29) is 18.9 Å². The molecule has 7 nitrogen and oxygen atoms in total. The molecular formula is C38H32F3N5O2. The fourth-order valence-electron chi connectivity index (χ4n) is 5.73. The molecule has 1 aliphatic heterocycles. The van der Waals surface area contributed by atoms with E-state index in [0.29, 0.717) is 30.9 Å². The Bertz CT molecular complexity index is 1880. The average molecular weight is 648 g/mol. The van der Waals surface area contributed by atoms with Crippen LogP contribution < -0.4 is 0 Å². The van der Waals surface area contributed by atoms with Crippen molar-refractivity contribution in [3.05, 3.63) is 155 Å². The maximum Gasteiger partial charge on any atom is 0.416 e. The van der Waals surface area contributed by atoms with Gasteiger partial charge in [0, 0.05) is 56.3 Å². The molecule has 1 aliphatic rings. The Morgan fingerprint density at radius 3 is 2.19 bits per heavy atom. The van der Waals surface area contributed by atoms with Gasteiger partial charge in [0.2, 0.25) is 11.8 Å². The third kappa shape index (κ3) is 7.83. The fraction of sp³-hybridized carbons (Fsp3) is 0.184. The zero-order chi connectivity index (χ0) is 33.5. The van der Waals surface area contributed by atoms with E-state index < -0.39 is 23.7 Å². The van der Waals surface area contributed by atoms with Gasteiger partial charge in [-0.15, -0.1) is 0 Å².